The number of anilines is 1. The molecule has 122 valence electrons. The molecule has 1 atom stereocenters. The molecule has 0 aromatic heterocycles. The van der Waals surface area contributed by atoms with Crippen molar-refractivity contribution in [1.29, 1.82) is 0 Å². The van der Waals surface area contributed by atoms with Crippen molar-refractivity contribution in [3.05, 3.63) is 29.8 Å². The number of Topliss-reactive ketones (excluding diaryl/α,β-unsaturated/α-hetero) is 1. The highest BCUT2D eigenvalue weighted by Crippen LogP contribution is 2.32. The third kappa shape index (κ3) is 3.42. The Morgan fingerprint density at radius 2 is 2.04 bits per heavy atom. The van der Waals surface area contributed by atoms with Crippen LogP contribution in [-0.4, -0.2) is 40.2 Å². The van der Waals surface area contributed by atoms with Crippen molar-refractivity contribution in [2.24, 2.45) is 5.92 Å². The topological polar surface area (TPSA) is 66.5 Å². The Morgan fingerprint density at radius 3 is 2.70 bits per heavy atom. The smallest absolute Gasteiger partial charge is 0.248 e. The van der Waals surface area contributed by atoms with Crippen molar-refractivity contribution < 1.29 is 14.4 Å². The summed E-state index contributed by atoms with van der Waals surface area (Å²) >= 11 is 1.61. The maximum atomic E-state index is 12.5. The summed E-state index contributed by atoms with van der Waals surface area (Å²) in [5.74, 6) is 1.20. The fraction of sp³-hybridized carbons (Fsp3) is 0.471. The minimum Gasteiger partial charge on any atom is -0.324 e. The minimum atomic E-state index is -0.422. The van der Waals surface area contributed by atoms with Gasteiger partial charge < -0.3 is 10.2 Å². The van der Waals surface area contributed by atoms with E-state index in [2.05, 4.69) is 5.32 Å². The number of ketones is 1. The molecule has 3 rings (SSSR count). The van der Waals surface area contributed by atoms with Gasteiger partial charge in [0.05, 0.1) is 5.88 Å². The molecule has 1 saturated carbocycles. The number of nitrogens with one attached hydrogen (secondary N) is 1. The van der Waals surface area contributed by atoms with Crippen molar-refractivity contribution in [2.45, 2.75) is 32.2 Å². The quantitative estimate of drug-likeness (QED) is 0.861. The summed E-state index contributed by atoms with van der Waals surface area (Å²) in [6.07, 6.45) is 2.98. The zero-order valence-electron chi connectivity index (χ0n) is 13.1. The van der Waals surface area contributed by atoms with E-state index in [1.165, 1.54) is 6.92 Å². The lowest BCUT2D eigenvalue weighted by Crippen LogP contribution is -2.47. The molecule has 5 nitrogen and oxygen atoms in total. The molecule has 0 unspecified atom stereocenters. The Morgan fingerprint density at radius 1 is 1.26 bits per heavy atom. The monoisotopic (exact) mass is 332 g/mol. The van der Waals surface area contributed by atoms with Crippen molar-refractivity contribution in [3.8, 4) is 0 Å². The van der Waals surface area contributed by atoms with Crippen LogP contribution in [0.2, 0.25) is 0 Å². The van der Waals surface area contributed by atoms with Crippen LogP contribution in [0.1, 0.15) is 36.5 Å². The Hall–Kier alpha value is -1.82. The van der Waals surface area contributed by atoms with Crippen molar-refractivity contribution in [3.63, 3.8) is 0 Å². The number of rotatable bonds is 4. The molecule has 1 heterocycles. The molecule has 6 heteroatoms. The lowest BCUT2D eigenvalue weighted by Gasteiger charge is -2.31. The first-order valence-electron chi connectivity index (χ1n) is 7.86. The predicted octanol–water partition coefficient (Wildman–Crippen LogP) is 2.53. The molecule has 1 aromatic rings. The second-order valence-corrected chi connectivity index (χ2v) is 7.08. The van der Waals surface area contributed by atoms with Gasteiger partial charge in [-0.05, 0) is 31.9 Å². The minimum absolute atomic E-state index is 0.0423. The van der Waals surface area contributed by atoms with Gasteiger partial charge in [0.25, 0.3) is 0 Å². The molecule has 0 radical (unpaired) electrons. The molecule has 2 amide bonds. The summed E-state index contributed by atoms with van der Waals surface area (Å²) in [5.41, 5.74) is 1.15. The van der Waals surface area contributed by atoms with E-state index in [4.69, 9.17) is 0 Å². The van der Waals surface area contributed by atoms with Crippen LogP contribution in [0.25, 0.3) is 0 Å². The predicted molar refractivity (Wildman–Crippen MR) is 90.4 cm³/mol. The fourth-order valence-electron chi connectivity index (χ4n) is 2.81. The number of nitrogens with zero attached hydrogens (tertiary/aromatic N) is 1. The van der Waals surface area contributed by atoms with E-state index in [0.717, 1.165) is 19.3 Å². The maximum absolute atomic E-state index is 12.5. The average molecular weight is 332 g/mol. The van der Waals surface area contributed by atoms with E-state index in [0.29, 0.717) is 22.9 Å². The molecular weight excluding hydrogens is 312 g/mol. The average Bonchev–Trinajstić information content (AvgIpc) is 2.95. The van der Waals surface area contributed by atoms with E-state index in [1.54, 1.807) is 40.9 Å². The number of benzene rings is 1. The maximum Gasteiger partial charge on any atom is 0.248 e. The van der Waals surface area contributed by atoms with Crippen molar-refractivity contribution in [2.75, 3.05) is 16.9 Å². The lowest BCUT2D eigenvalue weighted by atomic mass is 9.84. The summed E-state index contributed by atoms with van der Waals surface area (Å²) in [6, 6.07) is 6.46. The van der Waals surface area contributed by atoms with Gasteiger partial charge in [0, 0.05) is 22.9 Å². The molecule has 1 N–H and O–H groups in total. The molecule has 2 aliphatic rings. The van der Waals surface area contributed by atoms with Crippen LogP contribution >= 0.6 is 11.8 Å². The second-order valence-electron chi connectivity index (χ2n) is 6.08. The van der Waals surface area contributed by atoms with E-state index >= 15 is 0 Å². The van der Waals surface area contributed by atoms with E-state index < -0.39 is 6.04 Å². The van der Waals surface area contributed by atoms with Crippen molar-refractivity contribution >= 4 is 35.0 Å². The number of thioether (sulfide) groups is 1. The molecule has 0 spiro atoms. The highest BCUT2D eigenvalue weighted by atomic mass is 32.2. The standard InChI is InChI=1S/C17H20N2O3S/c1-11(20)13-6-3-7-14(8-13)18-16(21)15-9-23-10-19(15)17(22)12-4-2-5-12/h3,6-8,12,15H,2,4-5,9-10H2,1H3,(H,18,21)/t15-/m1/s1. The zero-order valence-corrected chi connectivity index (χ0v) is 13.9. The third-order valence-electron chi connectivity index (χ3n) is 4.46. The van der Waals surface area contributed by atoms with E-state index in [-0.39, 0.29) is 23.5 Å². The molecule has 23 heavy (non-hydrogen) atoms. The van der Waals surface area contributed by atoms with Crippen LogP contribution in [0.4, 0.5) is 5.69 Å². The van der Waals surface area contributed by atoms with Gasteiger partial charge in [0.15, 0.2) is 5.78 Å². The molecule has 0 bridgehead atoms. The summed E-state index contributed by atoms with van der Waals surface area (Å²) in [4.78, 5) is 38.1. The number of hydrogen-bond donors (Lipinski definition) is 1. The molecule has 1 saturated heterocycles. The molecule has 1 aromatic carbocycles. The first-order valence-corrected chi connectivity index (χ1v) is 9.02. The van der Waals surface area contributed by atoms with E-state index in [1.807, 2.05) is 0 Å². The second kappa shape index (κ2) is 6.74. The normalized spacial score (nSPS) is 20.9. The van der Waals surface area contributed by atoms with Gasteiger partial charge in [-0.25, -0.2) is 0 Å². The highest BCUT2D eigenvalue weighted by Gasteiger charge is 2.39. The Labute approximate surface area is 139 Å². The van der Waals surface area contributed by atoms with Crippen LogP contribution in [0.3, 0.4) is 0 Å². The van der Waals surface area contributed by atoms with Gasteiger partial charge in [-0.2, -0.15) is 0 Å². The largest absolute Gasteiger partial charge is 0.324 e. The lowest BCUT2D eigenvalue weighted by molar-refractivity contribution is -0.141. The highest BCUT2D eigenvalue weighted by molar-refractivity contribution is 7.99. The van der Waals surface area contributed by atoms with Gasteiger partial charge in [-0.1, -0.05) is 18.6 Å². The van der Waals surface area contributed by atoms with Crippen LogP contribution in [0, 0.1) is 5.92 Å². The van der Waals surface area contributed by atoms with E-state index in [9.17, 15) is 14.4 Å². The Kier molecular flexibility index (Phi) is 4.71. The van der Waals surface area contributed by atoms with Gasteiger partial charge in [0.1, 0.15) is 6.04 Å². The van der Waals surface area contributed by atoms with Gasteiger partial charge in [-0.15, -0.1) is 11.8 Å². The van der Waals surface area contributed by atoms with Crippen LogP contribution in [0.5, 0.6) is 0 Å². The summed E-state index contributed by atoms with van der Waals surface area (Å²) in [7, 11) is 0. The van der Waals surface area contributed by atoms with Gasteiger partial charge in [-0.3, -0.25) is 14.4 Å². The Bertz CT molecular complexity index is 642. The summed E-state index contributed by atoms with van der Waals surface area (Å²) < 4.78 is 0. The molecule has 1 aliphatic carbocycles. The number of carbonyl (C=O) groups is 3. The molecular formula is C17H20N2O3S. The third-order valence-corrected chi connectivity index (χ3v) is 5.47. The van der Waals surface area contributed by atoms with Gasteiger partial charge >= 0.3 is 0 Å². The number of carbonyl (C=O) groups excluding carboxylic acids is 3. The zero-order chi connectivity index (χ0) is 16.4. The van der Waals surface area contributed by atoms with Crippen LogP contribution in [0.15, 0.2) is 24.3 Å². The van der Waals surface area contributed by atoms with Crippen molar-refractivity contribution in [1.82, 2.24) is 4.90 Å². The summed E-state index contributed by atoms with van der Waals surface area (Å²) in [5, 5.41) is 2.84. The summed E-state index contributed by atoms with van der Waals surface area (Å²) in [6.45, 7) is 1.49. The molecule has 1 aliphatic heterocycles. The van der Waals surface area contributed by atoms with Crippen LogP contribution in [-0.2, 0) is 9.59 Å². The number of amides is 2. The fourth-order valence-corrected chi connectivity index (χ4v) is 3.97. The Balaban J connectivity index is 1.68. The number of hydrogen-bond acceptors (Lipinski definition) is 4. The first-order chi connectivity index (χ1) is 11.1. The first kappa shape index (κ1) is 16.1. The molecule has 2 fully saturated rings. The SMILES string of the molecule is CC(=O)c1cccc(NC(=O)[C@H]2CSCN2C(=O)C2CCC2)c1. The van der Waals surface area contributed by atoms with Crippen LogP contribution < -0.4 is 5.32 Å². The van der Waals surface area contributed by atoms with Gasteiger partial charge in [0.2, 0.25) is 11.8 Å².